The minimum absolute atomic E-state index is 0.158. The number of hydrogen-bond acceptors (Lipinski definition) is 14. The van der Waals surface area contributed by atoms with Crippen LogP contribution < -0.4 is 36.2 Å². The number of benzene rings is 6. The Balaban J connectivity index is 0.745. The number of nitrogens with zero attached hydrogens (tertiary/aromatic N) is 3. The largest absolute Gasteiger partial charge is 0.494 e. The lowest BCUT2D eigenvalue weighted by Gasteiger charge is -2.38. The van der Waals surface area contributed by atoms with Crippen molar-refractivity contribution < 1.29 is 56.4 Å². The number of nitrogens with one attached hydrogen (secondary N) is 5. The minimum Gasteiger partial charge on any atom is -0.494 e. The number of amides is 3. The van der Waals surface area contributed by atoms with Gasteiger partial charge in [0, 0.05) is 76.8 Å². The molecule has 0 spiro atoms. The third-order valence-electron chi connectivity index (χ3n) is 14.6. The second kappa shape index (κ2) is 32.7. The average molecular weight is 1230 g/mol. The van der Waals surface area contributed by atoms with Crippen LogP contribution in [0, 0.1) is 13.8 Å². The molecule has 468 valence electrons. The van der Waals surface area contributed by atoms with E-state index in [-0.39, 0.29) is 52.5 Å². The summed E-state index contributed by atoms with van der Waals surface area (Å²) in [5.74, 6) is -1.64. The number of anilines is 1. The lowest BCUT2D eigenvalue weighted by Crippen LogP contribution is -2.49. The highest BCUT2D eigenvalue weighted by Crippen LogP contribution is 2.42. The van der Waals surface area contributed by atoms with Crippen LogP contribution in [0.5, 0.6) is 5.75 Å². The predicted octanol–water partition coefficient (Wildman–Crippen LogP) is 8.00. The molecule has 8 aromatic rings. The number of alkyl carbamates (subject to hydrolysis) is 1. The number of rotatable bonds is 35. The summed E-state index contributed by atoms with van der Waals surface area (Å²) >= 11 is 0. The second-order valence-electron chi connectivity index (χ2n) is 21.1. The van der Waals surface area contributed by atoms with Crippen molar-refractivity contribution >= 4 is 50.8 Å². The maximum Gasteiger partial charge on any atom is 0.407 e. The summed E-state index contributed by atoms with van der Waals surface area (Å²) in [6.45, 7) is 6.51. The molecule has 2 aromatic heterocycles. The Hall–Kier alpha value is -9.19. The molecule has 21 nitrogen and oxygen atoms in total. The van der Waals surface area contributed by atoms with E-state index in [1.807, 2.05) is 97.2 Å². The molecule has 1 atom stereocenters. The molecule has 0 bridgehead atoms. The van der Waals surface area contributed by atoms with E-state index in [1.165, 1.54) is 18.3 Å². The maximum atomic E-state index is 13.9. The fourth-order valence-corrected chi connectivity index (χ4v) is 12.0. The number of carbonyl (C=O) groups is 4. The van der Waals surface area contributed by atoms with Crippen LogP contribution in [0.1, 0.15) is 75.0 Å². The van der Waals surface area contributed by atoms with Crippen LogP contribution in [0.4, 0.5) is 10.7 Å². The summed E-state index contributed by atoms with van der Waals surface area (Å²) in [5, 5.41) is 21.9. The SMILES string of the molecule is Cc1cc(OCCCC(=O)NCCCOCCOCCOCCCNC(=O)OCc2ccccc2)cc(C)c1S(=O)(=O)N[C@@H](CNC(=O)c1cn(C)c2cc(CNc3nccn3C(c3ccccc3)(c3ccccc3)c3ccccc3)ccc2c1=O)C(=O)O. The van der Waals surface area contributed by atoms with Crippen molar-refractivity contribution in [3.63, 3.8) is 0 Å². The van der Waals surface area contributed by atoms with E-state index >= 15 is 0 Å². The van der Waals surface area contributed by atoms with Crippen molar-refractivity contribution in [1.82, 2.24) is 34.8 Å². The number of carbonyl (C=O) groups excluding carboxylic acids is 3. The van der Waals surface area contributed by atoms with Gasteiger partial charge in [-0.2, -0.15) is 4.72 Å². The number of imidazole rings is 1. The molecule has 6 N–H and O–H groups in total. The zero-order valence-electron chi connectivity index (χ0n) is 50.2. The first-order chi connectivity index (χ1) is 43.1. The summed E-state index contributed by atoms with van der Waals surface area (Å²) in [5.41, 5.74) is 4.25. The van der Waals surface area contributed by atoms with Gasteiger partial charge in [-0.05, 0) is 96.3 Å². The molecule has 6 aromatic carbocycles. The van der Waals surface area contributed by atoms with E-state index in [9.17, 15) is 37.5 Å². The van der Waals surface area contributed by atoms with Crippen LogP contribution in [0.25, 0.3) is 10.9 Å². The second-order valence-corrected chi connectivity index (χ2v) is 22.7. The van der Waals surface area contributed by atoms with Crippen molar-refractivity contribution in [2.45, 2.75) is 69.2 Å². The summed E-state index contributed by atoms with van der Waals surface area (Å²) in [4.78, 5) is 68.9. The van der Waals surface area contributed by atoms with Crippen LogP contribution in [0.2, 0.25) is 0 Å². The van der Waals surface area contributed by atoms with Gasteiger partial charge in [0.25, 0.3) is 5.91 Å². The third kappa shape index (κ3) is 18.0. The number of hydrogen-bond donors (Lipinski definition) is 6. The molecule has 0 saturated heterocycles. The van der Waals surface area contributed by atoms with Crippen molar-refractivity contribution in [3.05, 3.63) is 225 Å². The van der Waals surface area contributed by atoms with Crippen molar-refractivity contribution in [1.29, 1.82) is 0 Å². The summed E-state index contributed by atoms with van der Waals surface area (Å²) in [6.07, 6.45) is 6.43. The number of fused-ring (bicyclic) bond motifs is 1. The minimum atomic E-state index is -4.48. The molecule has 3 amide bonds. The molecule has 0 fully saturated rings. The number of aliphatic carboxylic acids is 1. The normalized spacial score (nSPS) is 11.9. The van der Waals surface area contributed by atoms with E-state index in [0.29, 0.717) is 95.8 Å². The lowest BCUT2D eigenvalue weighted by molar-refractivity contribution is -0.138. The van der Waals surface area contributed by atoms with Gasteiger partial charge >= 0.3 is 12.1 Å². The van der Waals surface area contributed by atoms with Gasteiger partial charge in [-0.25, -0.2) is 18.2 Å². The third-order valence-corrected chi connectivity index (χ3v) is 16.4. The van der Waals surface area contributed by atoms with Crippen molar-refractivity contribution in [2.75, 3.05) is 71.2 Å². The van der Waals surface area contributed by atoms with E-state index in [1.54, 1.807) is 43.8 Å². The molecular formula is C67H76N8O13S. The number of aryl methyl sites for hydroxylation is 3. The van der Waals surface area contributed by atoms with Gasteiger partial charge in [-0.3, -0.25) is 23.7 Å². The molecular weight excluding hydrogens is 1160 g/mol. The number of ether oxygens (including phenoxy) is 5. The van der Waals surface area contributed by atoms with E-state index in [2.05, 4.69) is 67.0 Å². The van der Waals surface area contributed by atoms with Crippen molar-refractivity contribution in [2.24, 2.45) is 7.05 Å². The first kappa shape index (κ1) is 65.8. The molecule has 8 rings (SSSR count). The Morgan fingerprint density at radius 1 is 0.663 bits per heavy atom. The van der Waals surface area contributed by atoms with Crippen LogP contribution in [0.15, 0.2) is 180 Å². The highest BCUT2D eigenvalue weighted by atomic mass is 32.2. The van der Waals surface area contributed by atoms with Crippen LogP contribution in [-0.2, 0) is 64.3 Å². The van der Waals surface area contributed by atoms with E-state index in [0.717, 1.165) is 27.8 Å². The summed E-state index contributed by atoms with van der Waals surface area (Å²) in [7, 11) is -2.79. The maximum absolute atomic E-state index is 13.9. The predicted molar refractivity (Wildman–Crippen MR) is 337 cm³/mol. The van der Waals surface area contributed by atoms with Crippen LogP contribution in [0.3, 0.4) is 0 Å². The Labute approximate surface area is 517 Å². The zero-order valence-corrected chi connectivity index (χ0v) is 51.0. The molecule has 0 aliphatic heterocycles. The topological polar surface area (TPSA) is 269 Å². The van der Waals surface area contributed by atoms with Gasteiger partial charge in [-0.1, -0.05) is 127 Å². The van der Waals surface area contributed by atoms with Crippen LogP contribution in [-0.4, -0.2) is 123 Å². The quantitative estimate of drug-likeness (QED) is 0.0162. The number of sulfonamides is 1. The van der Waals surface area contributed by atoms with Gasteiger partial charge in [0.15, 0.2) is 0 Å². The molecule has 22 heteroatoms. The van der Waals surface area contributed by atoms with Crippen LogP contribution >= 0.6 is 0 Å². The number of carboxylic acids is 1. The number of aromatic nitrogens is 3. The highest BCUT2D eigenvalue weighted by molar-refractivity contribution is 7.89. The molecule has 0 radical (unpaired) electrons. The number of pyridine rings is 1. The Bertz CT molecular complexity index is 3680. The highest BCUT2D eigenvalue weighted by Gasteiger charge is 2.40. The average Bonchev–Trinajstić information content (AvgIpc) is 1.85. The molecule has 0 saturated carbocycles. The molecule has 0 unspecified atom stereocenters. The fraction of sp³-hybridized carbons (Fsp3) is 0.313. The van der Waals surface area contributed by atoms with Gasteiger partial charge in [0.05, 0.1) is 43.4 Å². The Kier molecular flexibility index (Phi) is 24.2. The first-order valence-electron chi connectivity index (χ1n) is 29.4. The van der Waals surface area contributed by atoms with E-state index in [4.69, 9.17) is 28.7 Å². The zero-order chi connectivity index (χ0) is 63.0. The first-order valence-corrected chi connectivity index (χ1v) is 30.9. The lowest BCUT2D eigenvalue weighted by atomic mass is 9.76. The standard InChI is InChI=1S/C67H76N8O13S/c1-48-41-55(87-36-16-27-60(76)68-30-17-34-84-37-39-86-40-38-85-35-18-31-70-66(81)88-47-50-19-8-4-9-20-50)42-49(2)62(48)89(82,83)73-58(64(79)80)45-71-63(78)57-46-74(3)59-43-51(28-29-56(59)61(57)77)44-72-65-69-32-33-75(65)67(52-21-10-5-11-22-52,53-23-12-6-13-24-53)54-25-14-7-15-26-54/h4-15,19-26,28-29,32-33,41-43,46,58,73H,16-18,27,30-31,34-40,44-45,47H2,1-3H3,(H,68,76)(H,69,72)(H,70,81)(H,71,78)(H,79,80)/t58-/m0/s1. The van der Waals surface area contributed by atoms with Gasteiger partial charge in [-0.15, -0.1) is 0 Å². The molecule has 0 aliphatic carbocycles. The van der Waals surface area contributed by atoms with Crippen molar-refractivity contribution in [3.8, 4) is 5.75 Å². The monoisotopic (exact) mass is 1230 g/mol. The Morgan fingerprint density at radius 2 is 1.22 bits per heavy atom. The smallest absolute Gasteiger partial charge is 0.407 e. The molecule has 0 aliphatic rings. The van der Waals surface area contributed by atoms with E-state index < -0.39 is 51.5 Å². The van der Waals surface area contributed by atoms with Gasteiger partial charge in [0.2, 0.25) is 27.3 Å². The summed E-state index contributed by atoms with van der Waals surface area (Å²) in [6, 6.07) is 46.6. The molecule has 89 heavy (non-hydrogen) atoms. The number of carboxylic acid groups (broad SMARTS) is 1. The van der Waals surface area contributed by atoms with Gasteiger partial charge < -0.3 is 54.6 Å². The van der Waals surface area contributed by atoms with Gasteiger partial charge in [0.1, 0.15) is 29.5 Å². The molecule has 2 heterocycles. The summed E-state index contributed by atoms with van der Waals surface area (Å²) < 4.78 is 61.2. The fourth-order valence-electron chi connectivity index (χ4n) is 10.4. The Morgan fingerprint density at radius 3 is 1.81 bits per heavy atom.